The number of rotatable bonds is 2. The van der Waals surface area contributed by atoms with Crippen molar-refractivity contribution in [3.05, 3.63) is 29.8 Å². The lowest BCUT2D eigenvalue weighted by Gasteiger charge is -2.04. The molecule has 0 aliphatic heterocycles. The van der Waals surface area contributed by atoms with E-state index in [4.69, 9.17) is 10.5 Å². The van der Waals surface area contributed by atoms with E-state index in [1.54, 1.807) is 30.7 Å². The fourth-order valence-corrected chi connectivity index (χ4v) is 2.44. The van der Waals surface area contributed by atoms with Crippen LogP contribution in [-0.2, 0) is 0 Å². The van der Waals surface area contributed by atoms with Crippen LogP contribution < -0.4 is 10.5 Å². The number of pyridine rings is 1. The van der Waals surface area contributed by atoms with Crippen LogP contribution in [0, 0.1) is 0 Å². The lowest BCUT2D eigenvalue weighted by Crippen LogP contribution is -1.96. The predicted molar refractivity (Wildman–Crippen MR) is 71.6 cm³/mol. The van der Waals surface area contributed by atoms with Gasteiger partial charge in [-0.3, -0.25) is 0 Å². The van der Waals surface area contributed by atoms with Crippen LogP contribution >= 0.6 is 11.3 Å². The number of nitrogen functional groups attached to an aromatic ring is 1. The molecule has 0 radical (unpaired) electrons. The Balaban J connectivity index is 2.18. The maximum atomic E-state index is 5.92. The molecule has 0 saturated heterocycles. The third kappa shape index (κ3) is 1.76. The van der Waals surface area contributed by atoms with Crippen LogP contribution in [0.4, 0.5) is 5.82 Å². The summed E-state index contributed by atoms with van der Waals surface area (Å²) in [5.74, 6) is 1.61. The van der Waals surface area contributed by atoms with Gasteiger partial charge in [0, 0.05) is 17.8 Å². The molecular formula is C12H10N4OS. The number of fused-ring (bicyclic) bond motifs is 1. The van der Waals surface area contributed by atoms with E-state index in [1.165, 1.54) is 0 Å². The van der Waals surface area contributed by atoms with Crippen molar-refractivity contribution in [2.45, 2.75) is 0 Å². The van der Waals surface area contributed by atoms with Crippen LogP contribution in [0.5, 0.6) is 5.88 Å². The molecule has 0 fully saturated rings. The average Bonchev–Trinajstić information content (AvgIpc) is 2.87. The first kappa shape index (κ1) is 10.9. The summed E-state index contributed by atoms with van der Waals surface area (Å²) in [6.07, 6.45) is 1.66. The second-order valence-electron chi connectivity index (χ2n) is 3.66. The normalized spacial score (nSPS) is 10.7. The third-order valence-corrected chi connectivity index (χ3v) is 3.36. The Morgan fingerprint density at radius 3 is 3.00 bits per heavy atom. The van der Waals surface area contributed by atoms with Gasteiger partial charge in [0.15, 0.2) is 5.82 Å². The van der Waals surface area contributed by atoms with Crippen LogP contribution in [0.1, 0.15) is 0 Å². The van der Waals surface area contributed by atoms with Gasteiger partial charge in [0.2, 0.25) is 5.88 Å². The summed E-state index contributed by atoms with van der Waals surface area (Å²) >= 11 is 1.54. The van der Waals surface area contributed by atoms with Gasteiger partial charge in [0.05, 0.1) is 12.5 Å². The molecule has 3 aromatic heterocycles. The Bertz CT molecular complexity index is 710. The van der Waals surface area contributed by atoms with Crippen molar-refractivity contribution in [1.29, 1.82) is 0 Å². The van der Waals surface area contributed by atoms with Crippen molar-refractivity contribution in [3.63, 3.8) is 0 Å². The van der Waals surface area contributed by atoms with E-state index in [1.807, 2.05) is 17.5 Å². The molecule has 0 unspecified atom stereocenters. The van der Waals surface area contributed by atoms with E-state index in [-0.39, 0.29) is 0 Å². The zero-order valence-electron chi connectivity index (χ0n) is 9.62. The van der Waals surface area contributed by atoms with Crippen LogP contribution in [0.15, 0.2) is 29.8 Å². The summed E-state index contributed by atoms with van der Waals surface area (Å²) in [6, 6.07) is 5.54. The van der Waals surface area contributed by atoms with Crippen molar-refractivity contribution in [3.8, 4) is 17.3 Å². The topological polar surface area (TPSA) is 73.9 Å². The van der Waals surface area contributed by atoms with Gasteiger partial charge < -0.3 is 10.5 Å². The minimum atomic E-state index is 0.493. The lowest BCUT2D eigenvalue weighted by atomic mass is 10.2. The van der Waals surface area contributed by atoms with E-state index in [0.29, 0.717) is 17.5 Å². The fourth-order valence-electron chi connectivity index (χ4n) is 1.67. The molecule has 18 heavy (non-hydrogen) atoms. The molecule has 0 aliphatic carbocycles. The van der Waals surface area contributed by atoms with Crippen LogP contribution in [0.25, 0.3) is 21.6 Å². The minimum Gasteiger partial charge on any atom is -0.481 e. The van der Waals surface area contributed by atoms with Crippen molar-refractivity contribution < 1.29 is 4.74 Å². The molecule has 90 valence electrons. The van der Waals surface area contributed by atoms with E-state index in [9.17, 15) is 0 Å². The Hall–Kier alpha value is -2.21. The molecular weight excluding hydrogens is 248 g/mol. The molecule has 0 saturated carbocycles. The zero-order chi connectivity index (χ0) is 12.5. The van der Waals surface area contributed by atoms with Crippen molar-refractivity contribution >= 4 is 27.4 Å². The summed E-state index contributed by atoms with van der Waals surface area (Å²) in [5.41, 5.74) is 6.75. The molecule has 0 aromatic carbocycles. The largest absolute Gasteiger partial charge is 0.481 e. The Kier molecular flexibility index (Phi) is 2.56. The summed E-state index contributed by atoms with van der Waals surface area (Å²) in [7, 11) is 1.57. The molecule has 5 nitrogen and oxygen atoms in total. The molecule has 6 heteroatoms. The zero-order valence-corrected chi connectivity index (χ0v) is 10.4. The van der Waals surface area contributed by atoms with Gasteiger partial charge >= 0.3 is 0 Å². The smallest absolute Gasteiger partial charge is 0.213 e. The van der Waals surface area contributed by atoms with E-state index >= 15 is 0 Å². The monoisotopic (exact) mass is 258 g/mol. The fraction of sp³-hybridized carbons (Fsp3) is 0.0833. The number of nitrogens with zero attached hydrogens (tertiary/aromatic N) is 3. The maximum absolute atomic E-state index is 5.92. The molecule has 0 spiro atoms. The van der Waals surface area contributed by atoms with Crippen LogP contribution in [-0.4, -0.2) is 22.1 Å². The lowest BCUT2D eigenvalue weighted by molar-refractivity contribution is 0.398. The van der Waals surface area contributed by atoms with Crippen molar-refractivity contribution in [2.75, 3.05) is 12.8 Å². The number of thiophene rings is 1. The number of methoxy groups -OCH3 is 1. The summed E-state index contributed by atoms with van der Waals surface area (Å²) in [5, 5.41) is 2.84. The van der Waals surface area contributed by atoms with Gasteiger partial charge in [-0.2, -0.15) is 0 Å². The van der Waals surface area contributed by atoms with Crippen molar-refractivity contribution in [1.82, 2.24) is 15.0 Å². The molecule has 0 atom stereocenters. The Morgan fingerprint density at radius 1 is 1.28 bits per heavy atom. The number of anilines is 1. The maximum Gasteiger partial charge on any atom is 0.213 e. The highest BCUT2D eigenvalue weighted by atomic mass is 32.1. The minimum absolute atomic E-state index is 0.493. The van der Waals surface area contributed by atoms with Gasteiger partial charge in [0.25, 0.3) is 0 Å². The van der Waals surface area contributed by atoms with Crippen LogP contribution in [0.3, 0.4) is 0 Å². The average molecular weight is 258 g/mol. The SMILES string of the molecule is COc1cc(-c2nc(N)c3ccsc3n2)ccn1. The molecule has 3 rings (SSSR count). The third-order valence-electron chi connectivity index (χ3n) is 2.56. The van der Waals surface area contributed by atoms with Gasteiger partial charge in [-0.25, -0.2) is 15.0 Å². The molecule has 0 amide bonds. The highest BCUT2D eigenvalue weighted by Crippen LogP contribution is 2.27. The Morgan fingerprint density at radius 2 is 2.17 bits per heavy atom. The van der Waals surface area contributed by atoms with E-state index in [2.05, 4.69) is 15.0 Å². The number of hydrogen-bond acceptors (Lipinski definition) is 6. The first-order valence-electron chi connectivity index (χ1n) is 5.29. The van der Waals surface area contributed by atoms with Crippen molar-refractivity contribution in [2.24, 2.45) is 0 Å². The first-order valence-corrected chi connectivity index (χ1v) is 6.17. The van der Waals surface area contributed by atoms with Gasteiger partial charge in [0.1, 0.15) is 10.6 Å². The van der Waals surface area contributed by atoms with Gasteiger partial charge in [-0.05, 0) is 17.5 Å². The quantitative estimate of drug-likeness (QED) is 0.763. The molecule has 2 N–H and O–H groups in total. The summed E-state index contributed by atoms with van der Waals surface area (Å²) < 4.78 is 5.08. The second-order valence-corrected chi connectivity index (χ2v) is 4.55. The second kappa shape index (κ2) is 4.23. The predicted octanol–water partition coefficient (Wildman–Crippen LogP) is 2.34. The highest BCUT2D eigenvalue weighted by Gasteiger charge is 2.09. The van der Waals surface area contributed by atoms with Gasteiger partial charge in [-0.1, -0.05) is 0 Å². The van der Waals surface area contributed by atoms with Crippen LogP contribution in [0.2, 0.25) is 0 Å². The number of aromatic nitrogens is 3. The molecule has 0 aliphatic rings. The molecule has 3 heterocycles. The van der Waals surface area contributed by atoms with E-state index in [0.717, 1.165) is 15.8 Å². The standard InChI is InChI=1S/C12H10N4OS/c1-17-9-6-7(2-4-14-9)11-15-10(13)8-3-5-18-12(8)16-11/h2-6H,1H3,(H2,13,15,16). The van der Waals surface area contributed by atoms with Gasteiger partial charge in [-0.15, -0.1) is 11.3 Å². The number of nitrogens with two attached hydrogens (primary N) is 1. The molecule has 0 bridgehead atoms. The Labute approximate surface area is 107 Å². The highest BCUT2D eigenvalue weighted by molar-refractivity contribution is 7.16. The number of ether oxygens (including phenoxy) is 1. The summed E-state index contributed by atoms with van der Waals surface area (Å²) in [6.45, 7) is 0. The van der Waals surface area contributed by atoms with E-state index < -0.39 is 0 Å². The first-order chi connectivity index (χ1) is 8.78. The molecule has 3 aromatic rings. The summed E-state index contributed by atoms with van der Waals surface area (Å²) in [4.78, 5) is 13.7. The number of hydrogen-bond donors (Lipinski definition) is 1.